The molecule has 0 aliphatic heterocycles. The van der Waals surface area contributed by atoms with E-state index in [-0.39, 0.29) is 12.8 Å². The van der Waals surface area contributed by atoms with E-state index < -0.39 is 36.3 Å². The maximum absolute atomic E-state index is 10.6. The van der Waals surface area contributed by atoms with Gasteiger partial charge in [0.05, 0.1) is 18.8 Å². The number of aliphatic hydroxyl groups is 4. The van der Waals surface area contributed by atoms with Crippen LogP contribution in [-0.2, 0) is 4.79 Å². The van der Waals surface area contributed by atoms with Gasteiger partial charge in [-0.15, -0.1) is 0 Å². The highest BCUT2D eigenvalue weighted by Gasteiger charge is 2.48. The first-order valence-corrected chi connectivity index (χ1v) is 4.33. The molecule has 14 heavy (non-hydrogen) atoms. The minimum absolute atomic E-state index is 0.370. The second-order valence-corrected chi connectivity index (χ2v) is 3.73. The van der Waals surface area contributed by atoms with E-state index in [0.29, 0.717) is 0 Å². The Kier molecular flexibility index (Phi) is 3.10. The smallest absolute Gasteiger partial charge is 0.335 e. The predicted molar refractivity (Wildman–Crippen MR) is 44.4 cm³/mol. The SMILES string of the molecule is O=C(O)[C@]1(O)C[C@@H](O)[C@@H](CO)[C@H](O)C1. The molecule has 6 nitrogen and oxygen atoms in total. The Morgan fingerprint density at radius 1 is 1.29 bits per heavy atom. The van der Waals surface area contributed by atoms with Crippen LogP contribution >= 0.6 is 0 Å². The van der Waals surface area contributed by atoms with Crippen molar-refractivity contribution in [3.8, 4) is 0 Å². The van der Waals surface area contributed by atoms with Crippen molar-refractivity contribution >= 4 is 5.97 Å². The van der Waals surface area contributed by atoms with Crippen LogP contribution in [0.5, 0.6) is 0 Å². The molecule has 0 radical (unpaired) electrons. The molecule has 1 rings (SSSR count). The number of carboxylic acids is 1. The van der Waals surface area contributed by atoms with Crippen LogP contribution in [0.2, 0.25) is 0 Å². The van der Waals surface area contributed by atoms with Gasteiger partial charge < -0.3 is 25.5 Å². The van der Waals surface area contributed by atoms with Crippen LogP contribution in [0.1, 0.15) is 12.8 Å². The summed E-state index contributed by atoms with van der Waals surface area (Å²) in [7, 11) is 0. The third-order valence-corrected chi connectivity index (χ3v) is 2.69. The highest BCUT2D eigenvalue weighted by Crippen LogP contribution is 2.32. The van der Waals surface area contributed by atoms with Crippen molar-refractivity contribution in [2.75, 3.05) is 6.61 Å². The van der Waals surface area contributed by atoms with Gasteiger partial charge in [0.1, 0.15) is 0 Å². The van der Waals surface area contributed by atoms with Crippen LogP contribution in [0, 0.1) is 5.92 Å². The molecule has 0 saturated heterocycles. The zero-order valence-corrected chi connectivity index (χ0v) is 7.50. The Morgan fingerprint density at radius 2 is 1.71 bits per heavy atom. The van der Waals surface area contributed by atoms with E-state index in [9.17, 15) is 20.1 Å². The number of aliphatic carboxylic acids is 1. The Bertz CT molecular complexity index is 216. The fourth-order valence-corrected chi connectivity index (χ4v) is 1.75. The fourth-order valence-electron chi connectivity index (χ4n) is 1.75. The number of hydrogen-bond acceptors (Lipinski definition) is 5. The molecular weight excluding hydrogens is 192 g/mol. The number of carbonyl (C=O) groups is 1. The molecule has 1 fully saturated rings. The normalized spacial score (nSPS) is 43.6. The maximum atomic E-state index is 10.6. The second-order valence-electron chi connectivity index (χ2n) is 3.73. The molecule has 0 unspecified atom stereocenters. The van der Waals surface area contributed by atoms with Crippen molar-refractivity contribution in [1.29, 1.82) is 0 Å². The van der Waals surface area contributed by atoms with E-state index >= 15 is 0 Å². The molecule has 0 heterocycles. The van der Waals surface area contributed by atoms with Crippen LogP contribution in [0.4, 0.5) is 0 Å². The van der Waals surface area contributed by atoms with E-state index in [4.69, 9.17) is 10.2 Å². The van der Waals surface area contributed by atoms with E-state index in [0.717, 1.165) is 0 Å². The minimum atomic E-state index is -2.09. The van der Waals surface area contributed by atoms with Gasteiger partial charge in [0.15, 0.2) is 5.60 Å². The van der Waals surface area contributed by atoms with Crippen LogP contribution in [0.3, 0.4) is 0 Å². The summed E-state index contributed by atoms with van der Waals surface area (Å²) in [5.74, 6) is -2.25. The van der Waals surface area contributed by atoms with Crippen molar-refractivity contribution in [3.05, 3.63) is 0 Å². The molecule has 6 heteroatoms. The first kappa shape index (κ1) is 11.4. The average Bonchev–Trinajstić information content (AvgIpc) is 2.02. The number of aliphatic hydroxyl groups excluding tert-OH is 3. The Hall–Kier alpha value is -0.690. The number of carboxylic acid groups (broad SMARTS) is 1. The van der Waals surface area contributed by atoms with Crippen LogP contribution in [0.25, 0.3) is 0 Å². The quantitative estimate of drug-likeness (QED) is 0.354. The molecule has 1 saturated carbocycles. The Balaban J connectivity index is 2.79. The van der Waals surface area contributed by atoms with Gasteiger partial charge in [-0.1, -0.05) is 0 Å². The summed E-state index contributed by atoms with van der Waals surface area (Å²) in [6.07, 6.45) is -3.15. The van der Waals surface area contributed by atoms with Gasteiger partial charge in [-0.05, 0) is 0 Å². The number of rotatable bonds is 2. The van der Waals surface area contributed by atoms with Crippen molar-refractivity contribution < 1.29 is 30.3 Å². The van der Waals surface area contributed by atoms with Crippen molar-refractivity contribution in [2.45, 2.75) is 30.7 Å². The molecular formula is C8H14O6. The van der Waals surface area contributed by atoms with Crippen LogP contribution in [-0.4, -0.2) is 55.9 Å². The molecule has 2 atom stereocenters. The maximum Gasteiger partial charge on any atom is 0.335 e. The summed E-state index contributed by atoms with van der Waals surface area (Å²) in [4.78, 5) is 10.6. The Labute approximate surface area is 80.4 Å². The lowest BCUT2D eigenvalue weighted by molar-refractivity contribution is -0.181. The molecule has 0 aromatic heterocycles. The van der Waals surface area contributed by atoms with E-state index in [1.54, 1.807) is 0 Å². The van der Waals surface area contributed by atoms with Crippen LogP contribution in [0.15, 0.2) is 0 Å². The standard InChI is InChI=1S/C8H14O6/c9-3-4-5(10)1-8(14,7(12)13)2-6(4)11/h4-6,9-11,14H,1-3H2,(H,12,13)/t4-,5-,6-,8+/m1/s1. The first-order valence-electron chi connectivity index (χ1n) is 4.33. The third kappa shape index (κ3) is 1.88. The van der Waals surface area contributed by atoms with Crippen molar-refractivity contribution in [3.63, 3.8) is 0 Å². The highest BCUT2D eigenvalue weighted by molar-refractivity contribution is 5.77. The zero-order chi connectivity index (χ0) is 10.9. The summed E-state index contributed by atoms with van der Waals surface area (Å²) in [5.41, 5.74) is -2.09. The van der Waals surface area contributed by atoms with Crippen LogP contribution < -0.4 is 0 Å². The van der Waals surface area contributed by atoms with E-state index in [2.05, 4.69) is 0 Å². The lowest BCUT2D eigenvalue weighted by Gasteiger charge is -2.39. The van der Waals surface area contributed by atoms with Gasteiger partial charge in [-0.3, -0.25) is 0 Å². The van der Waals surface area contributed by atoms with Gasteiger partial charge in [-0.25, -0.2) is 4.79 Å². The first-order chi connectivity index (χ1) is 6.40. The molecule has 0 spiro atoms. The fraction of sp³-hybridized carbons (Fsp3) is 0.875. The number of hydrogen-bond donors (Lipinski definition) is 5. The topological polar surface area (TPSA) is 118 Å². The largest absolute Gasteiger partial charge is 0.479 e. The molecule has 1 aliphatic rings. The molecule has 0 aromatic rings. The summed E-state index contributed by atoms with van der Waals surface area (Å²) in [6, 6.07) is 0. The van der Waals surface area contributed by atoms with Gasteiger partial charge in [0.25, 0.3) is 0 Å². The molecule has 0 aromatic carbocycles. The summed E-state index contributed by atoms with van der Waals surface area (Å²) in [6.45, 7) is -0.433. The van der Waals surface area contributed by atoms with E-state index in [1.807, 2.05) is 0 Å². The van der Waals surface area contributed by atoms with Crippen molar-refractivity contribution in [1.82, 2.24) is 0 Å². The molecule has 0 bridgehead atoms. The lowest BCUT2D eigenvalue weighted by atomic mass is 9.75. The van der Waals surface area contributed by atoms with Gasteiger partial charge >= 0.3 is 5.97 Å². The molecule has 82 valence electrons. The minimum Gasteiger partial charge on any atom is -0.479 e. The van der Waals surface area contributed by atoms with Gasteiger partial charge in [0.2, 0.25) is 0 Å². The Morgan fingerprint density at radius 3 is 2.00 bits per heavy atom. The predicted octanol–water partition coefficient (Wildman–Crippen LogP) is -2.07. The molecule has 0 amide bonds. The lowest BCUT2D eigenvalue weighted by Crippen LogP contribution is -2.54. The summed E-state index contributed by atoms with van der Waals surface area (Å²) >= 11 is 0. The highest BCUT2D eigenvalue weighted by atomic mass is 16.4. The van der Waals surface area contributed by atoms with E-state index in [1.165, 1.54) is 0 Å². The summed E-state index contributed by atoms with van der Waals surface area (Å²) in [5, 5.41) is 45.7. The summed E-state index contributed by atoms with van der Waals surface area (Å²) < 4.78 is 0. The monoisotopic (exact) mass is 206 g/mol. The van der Waals surface area contributed by atoms with Crippen molar-refractivity contribution in [2.24, 2.45) is 5.92 Å². The average molecular weight is 206 g/mol. The van der Waals surface area contributed by atoms with Gasteiger partial charge in [-0.2, -0.15) is 0 Å². The molecule has 1 aliphatic carbocycles. The van der Waals surface area contributed by atoms with Gasteiger partial charge in [0, 0.05) is 18.8 Å². The zero-order valence-electron chi connectivity index (χ0n) is 7.50. The second kappa shape index (κ2) is 3.82. The third-order valence-electron chi connectivity index (χ3n) is 2.69. The molecule has 5 N–H and O–H groups in total.